The number of para-hydroxylation sites is 1. The Balaban J connectivity index is 1.69. The number of hydrogen-bond acceptors (Lipinski definition) is 4. The Morgan fingerprint density at radius 1 is 0.902 bits per heavy atom. The molecule has 1 N–H and O–H groups in total. The lowest BCUT2D eigenvalue weighted by atomic mass is 9.95. The van der Waals surface area contributed by atoms with Crippen LogP contribution in [0.5, 0.6) is 0 Å². The smallest absolute Gasteiger partial charge is 0.264 e. The maximum absolute atomic E-state index is 14.1. The van der Waals surface area contributed by atoms with E-state index in [1.54, 1.807) is 43.3 Å². The number of anilines is 1. The average molecular weight is 576 g/mol. The van der Waals surface area contributed by atoms with Crippen LogP contribution in [0.15, 0.2) is 83.8 Å². The van der Waals surface area contributed by atoms with Crippen LogP contribution in [0.25, 0.3) is 0 Å². The highest BCUT2D eigenvalue weighted by molar-refractivity contribution is 7.92. The number of hydrogen-bond donors (Lipinski definition) is 1. The first kappa shape index (κ1) is 30.3. The summed E-state index contributed by atoms with van der Waals surface area (Å²) >= 11 is 0. The summed E-state index contributed by atoms with van der Waals surface area (Å²) in [6, 6.07) is 22.7. The highest BCUT2D eigenvalue weighted by Gasteiger charge is 2.33. The number of rotatable bonds is 11. The molecule has 218 valence electrons. The molecule has 0 saturated heterocycles. The van der Waals surface area contributed by atoms with E-state index in [0.717, 1.165) is 42.4 Å². The Kier molecular flexibility index (Phi) is 10.2. The van der Waals surface area contributed by atoms with Crippen LogP contribution >= 0.6 is 0 Å². The molecule has 1 unspecified atom stereocenters. The second-order valence-corrected chi connectivity index (χ2v) is 12.7. The molecule has 0 aliphatic heterocycles. The molecule has 0 spiro atoms. The summed E-state index contributed by atoms with van der Waals surface area (Å²) in [5, 5.41) is 3.14. The van der Waals surface area contributed by atoms with Gasteiger partial charge in [-0.2, -0.15) is 0 Å². The monoisotopic (exact) mass is 575 g/mol. The van der Waals surface area contributed by atoms with Crippen LogP contribution < -0.4 is 9.62 Å². The van der Waals surface area contributed by atoms with Crippen molar-refractivity contribution in [1.29, 1.82) is 0 Å². The van der Waals surface area contributed by atoms with Crippen molar-refractivity contribution in [3.05, 3.63) is 95.6 Å². The standard InChI is InChI=1S/C33H41N3O4S/c1-4-28-15-11-12-18-31(28)36(41(39,40)30-21-19-25(2)20-22-30)24-32(37)35(23-27-13-7-5-8-14-27)26(3)33(38)34-29-16-9-6-10-17-29/h5,7-8,11-15,18-22,26,29H,4,6,9-10,16-17,23-24H2,1-3H3,(H,34,38). The SMILES string of the molecule is CCc1ccccc1N(CC(=O)N(Cc1ccccc1)C(C)C(=O)NC1CCCCC1)S(=O)(=O)c1ccc(C)cc1. The Hall–Kier alpha value is -3.65. The van der Waals surface area contributed by atoms with Crippen molar-refractivity contribution in [3.8, 4) is 0 Å². The van der Waals surface area contributed by atoms with Crippen molar-refractivity contribution >= 4 is 27.5 Å². The van der Waals surface area contributed by atoms with Crippen molar-refractivity contribution in [2.24, 2.45) is 0 Å². The zero-order valence-corrected chi connectivity index (χ0v) is 25.1. The fourth-order valence-corrected chi connectivity index (χ4v) is 6.79. The first-order valence-corrected chi connectivity index (χ1v) is 16.0. The fraction of sp³-hybridized carbons (Fsp3) is 0.394. The van der Waals surface area contributed by atoms with Crippen LogP contribution in [0.2, 0.25) is 0 Å². The molecule has 41 heavy (non-hydrogen) atoms. The van der Waals surface area contributed by atoms with Gasteiger partial charge >= 0.3 is 0 Å². The van der Waals surface area contributed by atoms with Crippen molar-refractivity contribution in [1.82, 2.24) is 10.2 Å². The van der Waals surface area contributed by atoms with Crippen LogP contribution in [0.4, 0.5) is 5.69 Å². The first-order valence-electron chi connectivity index (χ1n) is 14.5. The number of sulfonamides is 1. The molecule has 2 amide bonds. The van der Waals surface area contributed by atoms with Crippen molar-refractivity contribution in [2.45, 2.75) is 82.8 Å². The minimum absolute atomic E-state index is 0.0993. The minimum Gasteiger partial charge on any atom is -0.352 e. The van der Waals surface area contributed by atoms with Gasteiger partial charge in [0.2, 0.25) is 11.8 Å². The predicted octanol–water partition coefficient (Wildman–Crippen LogP) is 5.62. The van der Waals surface area contributed by atoms with Crippen LogP contribution in [-0.4, -0.2) is 43.8 Å². The normalized spacial score (nSPS) is 14.7. The average Bonchev–Trinajstić information content (AvgIpc) is 2.99. The maximum Gasteiger partial charge on any atom is 0.264 e. The molecular weight excluding hydrogens is 534 g/mol. The highest BCUT2D eigenvalue weighted by atomic mass is 32.2. The topological polar surface area (TPSA) is 86.8 Å². The van der Waals surface area contributed by atoms with Crippen molar-refractivity contribution < 1.29 is 18.0 Å². The summed E-state index contributed by atoms with van der Waals surface area (Å²) in [5.74, 6) is -0.662. The van der Waals surface area contributed by atoms with E-state index in [2.05, 4.69) is 5.32 Å². The van der Waals surface area contributed by atoms with Gasteiger partial charge in [0.25, 0.3) is 10.0 Å². The van der Waals surface area contributed by atoms with Gasteiger partial charge in [-0.3, -0.25) is 13.9 Å². The fourth-order valence-electron chi connectivity index (χ4n) is 5.34. The van der Waals surface area contributed by atoms with E-state index in [1.807, 2.05) is 56.3 Å². The summed E-state index contributed by atoms with van der Waals surface area (Å²) < 4.78 is 29.3. The van der Waals surface area contributed by atoms with Gasteiger partial charge in [0, 0.05) is 12.6 Å². The molecule has 1 atom stereocenters. The number of carbonyl (C=O) groups excluding carboxylic acids is 2. The number of amides is 2. The first-order chi connectivity index (χ1) is 19.7. The number of benzene rings is 3. The number of nitrogens with one attached hydrogen (secondary N) is 1. The lowest BCUT2D eigenvalue weighted by molar-refractivity contribution is -0.139. The molecule has 3 aromatic rings. The molecule has 0 heterocycles. The Bertz CT molecular complexity index is 1420. The quantitative estimate of drug-likeness (QED) is 0.322. The van der Waals surface area contributed by atoms with E-state index < -0.39 is 28.5 Å². The maximum atomic E-state index is 14.1. The van der Waals surface area contributed by atoms with Gasteiger partial charge in [-0.25, -0.2) is 8.42 Å². The van der Waals surface area contributed by atoms with Crippen LogP contribution in [-0.2, 0) is 32.6 Å². The predicted molar refractivity (Wildman–Crippen MR) is 163 cm³/mol. The Labute approximate surface area is 244 Å². The van der Waals surface area contributed by atoms with Crippen molar-refractivity contribution in [2.75, 3.05) is 10.8 Å². The molecule has 1 aliphatic carbocycles. The molecule has 0 aromatic heterocycles. The van der Waals surface area contributed by atoms with E-state index in [-0.39, 0.29) is 23.4 Å². The second-order valence-electron chi connectivity index (χ2n) is 10.8. The number of aryl methyl sites for hydroxylation is 2. The molecule has 0 radical (unpaired) electrons. The zero-order chi connectivity index (χ0) is 29.4. The van der Waals surface area contributed by atoms with E-state index in [4.69, 9.17) is 0 Å². The van der Waals surface area contributed by atoms with E-state index >= 15 is 0 Å². The van der Waals surface area contributed by atoms with Gasteiger partial charge in [0.1, 0.15) is 12.6 Å². The van der Waals surface area contributed by atoms with Crippen LogP contribution in [0.3, 0.4) is 0 Å². The zero-order valence-electron chi connectivity index (χ0n) is 24.3. The lowest BCUT2D eigenvalue weighted by Gasteiger charge is -2.33. The van der Waals surface area contributed by atoms with Gasteiger partial charge in [0.05, 0.1) is 10.6 Å². The van der Waals surface area contributed by atoms with E-state index in [0.29, 0.717) is 12.1 Å². The molecule has 4 rings (SSSR count). The molecule has 8 heteroatoms. The van der Waals surface area contributed by atoms with Gasteiger partial charge in [-0.05, 0) is 62.4 Å². The van der Waals surface area contributed by atoms with Gasteiger partial charge in [-0.1, -0.05) is 92.4 Å². The number of nitrogens with zero attached hydrogens (tertiary/aromatic N) is 2. The van der Waals surface area contributed by atoms with E-state index in [9.17, 15) is 18.0 Å². The summed E-state index contributed by atoms with van der Waals surface area (Å²) in [6.07, 6.45) is 5.79. The van der Waals surface area contributed by atoms with E-state index in [1.165, 1.54) is 15.6 Å². The largest absolute Gasteiger partial charge is 0.352 e. The van der Waals surface area contributed by atoms with Gasteiger partial charge in [-0.15, -0.1) is 0 Å². The molecule has 3 aromatic carbocycles. The molecule has 1 fully saturated rings. The third kappa shape index (κ3) is 7.55. The Morgan fingerprint density at radius 2 is 1.54 bits per heavy atom. The Morgan fingerprint density at radius 3 is 2.20 bits per heavy atom. The minimum atomic E-state index is -4.09. The van der Waals surface area contributed by atoms with Crippen LogP contribution in [0.1, 0.15) is 62.6 Å². The second kappa shape index (κ2) is 13.8. The van der Waals surface area contributed by atoms with Gasteiger partial charge in [0.15, 0.2) is 0 Å². The lowest BCUT2D eigenvalue weighted by Crippen LogP contribution is -2.53. The third-order valence-electron chi connectivity index (χ3n) is 7.84. The van der Waals surface area contributed by atoms with Gasteiger partial charge < -0.3 is 10.2 Å². The summed E-state index contributed by atoms with van der Waals surface area (Å²) in [4.78, 5) is 29.2. The summed E-state index contributed by atoms with van der Waals surface area (Å²) in [5.41, 5.74) is 3.07. The van der Waals surface area contributed by atoms with Crippen LogP contribution in [0, 0.1) is 6.92 Å². The molecule has 1 aliphatic rings. The molecule has 0 bridgehead atoms. The molecular formula is C33H41N3O4S. The summed E-state index contributed by atoms with van der Waals surface area (Å²) in [7, 11) is -4.09. The molecule has 7 nitrogen and oxygen atoms in total. The summed E-state index contributed by atoms with van der Waals surface area (Å²) in [6.45, 7) is 5.33. The van der Waals surface area contributed by atoms with Crippen molar-refractivity contribution in [3.63, 3.8) is 0 Å². The third-order valence-corrected chi connectivity index (χ3v) is 9.62. The number of carbonyl (C=O) groups is 2. The molecule has 1 saturated carbocycles. The highest BCUT2D eigenvalue weighted by Crippen LogP contribution is 2.28.